The molecule has 6 heteroatoms. The Balaban J connectivity index is 2.23. The first-order valence-electron chi connectivity index (χ1n) is 8.74. The van der Waals surface area contributed by atoms with Crippen LogP contribution >= 0.6 is 0 Å². The molecule has 4 rings (SSSR count). The Morgan fingerprint density at radius 2 is 1.39 bits per heavy atom. The fourth-order valence-electron chi connectivity index (χ4n) is 3.56. The van der Waals surface area contributed by atoms with Crippen LogP contribution < -0.4 is 0 Å². The maximum atomic E-state index is 12.6. The molecule has 0 amide bonds. The molecule has 2 aromatic heterocycles. The van der Waals surface area contributed by atoms with Gasteiger partial charge in [-0.2, -0.15) is 5.10 Å². The second-order valence-corrected chi connectivity index (χ2v) is 6.34. The fourth-order valence-corrected chi connectivity index (χ4v) is 3.56. The van der Waals surface area contributed by atoms with E-state index in [0.29, 0.717) is 11.2 Å². The molecule has 140 valence electrons. The number of carbonyl (C=O) groups is 2. The van der Waals surface area contributed by atoms with Gasteiger partial charge in [-0.25, -0.2) is 14.1 Å². The second kappa shape index (κ2) is 6.81. The lowest BCUT2D eigenvalue weighted by molar-refractivity contribution is 0.0557. The van der Waals surface area contributed by atoms with Crippen molar-refractivity contribution in [1.29, 1.82) is 0 Å². The minimum atomic E-state index is -0.606. The van der Waals surface area contributed by atoms with Crippen molar-refractivity contribution in [3.63, 3.8) is 0 Å². The van der Waals surface area contributed by atoms with Crippen molar-refractivity contribution in [1.82, 2.24) is 9.61 Å². The van der Waals surface area contributed by atoms with Crippen LogP contribution in [0.1, 0.15) is 26.4 Å². The van der Waals surface area contributed by atoms with Crippen LogP contribution in [-0.4, -0.2) is 35.8 Å². The number of carbonyl (C=O) groups excluding carboxylic acids is 2. The Labute approximate surface area is 161 Å². The maximum absolute atomic E-state index is 12.6. The van der Waals surface area contributed by atoms with Gasteiger partial charge in [-0.3, -0.25) is 0 Å². The minimum absolute atomic E-state index is 0.162. The Morgan fingerprint density at radius 3 is 2.04 bits per heavy atom. The Bertz CT molecular complexity index is 1230. The van der Waals surface area contributed by atoms with Crippen LogP contribution in [0.15, 0.2) is 54.6 Å². The highest BCUT2D eigenvalue weighted by Crippen LogP contribution is 2.34. The van der Waals surface area contributed by atoms with Gasteiger partial charge in [-0.05, 0) is 6.92 Å². The van der Waals surface area contributed by atoms with E-state index < -0.39 is 11.9 Å². The molecule has 0 unspecified atom stereocenters. The van der Waals surface area contributed by atoms with Gasteiger partial charge in [0.25, 0.3) is 0 Å². The molecular formula is C22H18N2O4. The average Bonchev–Trinajstić information content (AvgIpc) is 3.05. The number of benzene rings is 2. The van der Waals surface area contributed by atoms with E-state index in [-0.39, 0.29) is 11.1 Å². The molecule has 6 nitrogen and oxygen atoms in total. The number of aromatic nitrogens is 2. The molecule has 0 saturated heterocycles. The monoisotopic (exact) mass is 374 g/mol. The standard InChI is InChI=1S/C22H18N2O4/c1-13-17(21(25)27-2)18(22(26)28-3)20-16-12-8-7-11-15(16)19(23-24(13)20)14-9-5-4-6-10-14/h4-12H,1-3H3. The third-order valence-corrected chi connectivity index (χ3v) is 4.84. The molecule has 2 heterocycles. The lowest BCUT2D eigenvalue weighted by atomic mass is 10.0. The summed E-state index contributed by atoms with van der Waals surface area (Å²) in [6, 6.07) is 17.4. The molecule has 0 atom stereocenters. The van der Waals surface area contributed by atoms with Crippen molar-refractivity contribution < 1.29 is 19.1 Å². The SMILES string of the molecule is COC(=O)c1c(C(=O)OC)c2c3ccccc3c(-c3ccccc3)nn2c1C. The van der Waals surface area contributed by atoms with Crippen LogP contribution in [-0.2, 0) is 9.47 Å². The van der Waals surface area contributed by atoms with Crippen molar-refractivity contribution in [2.75, 3.05) is 14.2 Å². The van der Waals surface area contributed by atoms with Gasteiger partial charge < -0.3 is 9.47 Å². The predicted octanol–water partition coefficient (Wildman–Crippen LogP) is 4.04. The van der Waals surface area contributed by atoms with Gasteiger partial charge in [-0.15, -0.1) is 0 Å². The lowest BCUT2D eigenvalue weighted by Crippen LogP contribution is -2.10. The molecule has 0 aliphatic rings. The summed E-state index contributed by atoms with van der Waals surface area (Å²) in [6.07, 6.45) is 0. The number of aryl methyl sites for hydroxylation is 1. The average molecular weight is 374 g/mol. The van der Waals surface area contributed by atoms with Crippen LogP contribution in [0.4, 0.5) is 0 Å². The third-order valence-electron chi connectivity index (χ3n) is 4.84. The van der Waals surface area contributed by atoms with E-state index in [9.17, 15) is 9.59 Å². The Hall–Kier alpha value is -3.67. The van der Waals surface area contributed by atoms with Crippen LogP contribution in [0.25, 0.3) is 27.5 Å². The highest BCUT2D eigenvalue weighted by Gasteiger charge is 2.30. The fraction of sp³-hybridized carbons (Fsp3) is 0.136. The first kappa shape index (κ1) is 17.7. The maximum Gasteiger partial charge on any atom is 0.341 e. The molecule has 0 radical (unpaired) electrons. The van der Waals surface area contributed by atoms with Gasteiger partial charge in [-0.1, -0.05) is 54.6 Å². The van der Waals surface area contributed by atoms with Crippen molar-refractivity contribution in [3.8, 4) is 11.3 Å². The van der Waals surface area contributed by atoms with E-state index in [4.69, 9.17) is 14.6 Å². The number of hydrogen-bond donors (Lipinski definition) is 0. The number of ether oxygens (including phenoxy) is 2. The third kappa shape index (κ3) is 2.53. The quantitative estimate of drug-likeness (QED) is 0.506. The molecule has 2 aromatic carbocycles. The van der Waals surface area contributed by atoms with E-state index in [1.54, 1.807) is 11.4 Å². The summed E-state index contributed by atoms with van der Waals surface area (Å²) in [5.41, 5.74) is 3.07. The zero-order valence-corrected chi connectivity index (χ0v) is 15.7. The molecule has 0 spiro atoms. The zero-order chi connectivity index (χ0) is 19.8. The molecule has 0 aliphatic carbocycles. The van der Waals surface area contributed by atoms with Gasteiger partial charge in [0.1, 0.15) is 5.56 Å². The number of fused-ring (bicyclic) bond motifs is 3. The summed E-state index contributed by atoms with van der Waals surface area (Å²) >= 11 is 0. The first-order chi connectivity index (χ1) is 13.6. The van der Waals surface area contributed by atoms with Crippen molar-refractivity contribution >= 4 is 28.2 Å². The van der Waals surface area contributed by atoms with E-state index in [1.807, 2.05) is 54.6 Å². The topological polar surface area (TPSA) is 69.9 Å². The lowest BCUT2D eigenvalue weighted by Gasteiger charge is -2.10. The molecular weight excluding hydrogens is 356 g/mol. The number of nitrogens with zero attached hydrogens (tertiary/aromatic N) is 2. The Morgan fingerprint density at radius 1 is 0.821 bits per heavy atom. The van der Waals surface area contributed by atoms with Gasteiger partial charge in [0.2, 0.25) is 0 Å². The van der Waals surface area contributed by atoms with Crippen LogP contribution in [0.3, 0.4) is 0 Å². The van der Waals surface area contributed by atoms with Crippen molar-refractivity contribution in [2.24, 2.45) is 0 Å². The zero-order valence-electron chi connectivity index (χ0n) is 15.7. The van der Waals surface area contributed by atoms with E-state index in [1.165, 1.54) is 14.2 Å². The number of methoxy groups -OCH3 is 2. The summed E-state index contributed by atoms with van der Waals surface area (Å²) < 4.78 is 11.5. The molecule has 0 aliphatic heterocycles. The molecule has 0 bridgehead atoms. The molecule has 28 heavy (non-hydrogen) atoms. The Kier molecular flexibility index (Phi) is 4.31. The van der Waals surface area contributed by atoms with Crippen LogP contribution in [0.5, 0.6) is 0 Å². The largest absolute Gasteiger partial charge is 0.465 e. The minimum Gasteiger partial charge on any atom is -0.465 e. The summed E-state index contributed by atoms with van der Waals surface area (Å²) in [5.74, 6) is -1.21. The summed E-state index contributed by atoms with van der Waals surface area (Å²) in [6.45, 7) is 1.74. The number of esters is 2. The molecule has 0 saturated carbocycles. The molecule has 0 fully saturated rings. The van der Waals surface area contributed by atoms with Crippen molar-refractivity contribution in [3.05, 3.63) is 71.4 Å². The van der Waals surface area contributed by atoms with E-state index >= 15 is 0 Å². The predicted molar refractivity (Wildman–Crippen MR) is 106 cm³/mol. The van der Waals surface area contributed by atoms with Crippen molar-refractivity contribution in [2.45, 2.75) is 6.92 Å². The second-order valence-electron chi connectivity index (χ2n) is 6.34. The highest BCUT2D eigenvalue weighted by molar-refractivity contribution is 6.16. The van der Waals surface area contributed by atoms with Crippen LogP contribution in [0.2, 0.25) is 0 Å². The molecule has 0 N–H and O–H groups in total. The summed E-state index contributed by atoms with van der Waals surface area (Å²) in [5, 5.41) is 6.47. The van der Waals surface area contributed by atoms with E-state index in [2.05, 4.69) is 0 Å². The van der Waals surface area contributed by atoms with Gasteiger partial charge in [0, 0.05) is 16.3 Å². The summed E-state index contributed by atoms with van der Waals surface area (Å²) in [4.78, 5) is 25.1. The summed E-state index contributed by atoms with van der Waals surface area (Å²) in [7, 11) is 2.57. The smallest absolute Gasteiger partial charge is 0.341 e. The molecule has 4 aromatic rings. The number of hydrogen-bond acceptors (Lipinski definition) is 5. The normalized spacial score (nSPS) is 11.0. The van der Waals surface area contributed by atoms with Gasteiger partial charge in [0.15, 0.2) is 0 Å². The first-order valence-corrected chi connectivity index (χ1v) is 8.74. The van der Waals surface area contributed by atoms with Gasteiger partial charge >= 0.3 is 11.9 Å². The highest BCUT2D eigenvalue weighted by atomic mass is 16.5. The van der Waals surface area contributed by atoms with E-state index in [0.717, 1.165) is 22.0 Å². The van der Waals surface area contributed by atoms with Gasteiger partial charge in [0.05, 0.1) is 36.7 Å². The van der Waals surface area contributed by atoms with Crippen LogP contribution in [0, 0.1) is 6.92 Å². The number of rotatable bonds is 3.